The Morgan fingerprint density at radius 1 is 1.17 bits per heavy atom. The minimum Gasteiger partial charge on any atom is -0.388 e. The van der Waals surface area contributed by atoms with Gasteiger partial charge in [-0.15, -0.1) is 0 Å². The summed E-state index contributed by atoms with van der Waals surface area (Å²) in [6.07, 6.45) is -3.51. The number of carbonyl (C=O) groups is 1. The van der Waals surface area contributed by atoms with Crippen LogP contribution in [0.4, 0.5) is 5.69 Å². The quantitative estimate of drug-likeness (QED) is 0.527. The Morgan fingerprint density at radius 3 is 2.39 bits per heavy atom. The SMILES string of the molecule is CS(=O)(=O)NCC1OC(CC(=O)Nc2ccccc2)C(O)C1O. The molecule has 0 spiro atoms. The standard InChI is InChI=1S/C14H20N2O6S/c1-23(20,21)15-8-11-14(19)13(18)10(22-11)7-12(17)16-9-5-3-2-4-6-9/h2-6,10-11,13-15,18-19H,7-8H2,1H3,(H,16,17). The molecular weight excluding hydrogens is 324 g/mol. The lowest BCUT2D eigenvalue weighted by Gasteiger charge is -2.14. The van der Waals surface area contributed by atoms with E-state index < -0.39 is 34.4 Å². The lowest BCUT2D eigenvalue weighted by atomic mass is 10.1. The van der Waals surface area contributed by atoms with Gasteiger partial charge in [-0.25, -0.2) is 13.1 Å². The van der Waals surface area contributed by atoms with Crippen LogP contribution in [0.25, 0.3) is 0 Å². The number of amides is 1. The third kappa shape index (κ3) is 5.26. The number of ether oxygens (including phenoxy) is 1. The van der Waals surface area contributed by atoms with Crippen molar-refractivity contribution in [2.75, 3.05) is 18.1 Å². The number of anilines is 1. The summed E-state index contributed by atoms with van der Waals surface area (Å²) >= 11 is 0. The van der Waals surface area contributed by atoms with E-state index in [-0.39, 0.29) is 18.9 Å². The van der Waals surface area contributed by atoms with E-state index in [2.05, 4.69) is 10.0 Å². The molecule has 8 nitrogen and oxygen atoms in total. The molecule has 0 radical (unpaired) electrons. The monoisotopic (exact) mass is 344 g/mol. The van der Waals surface area contributed by atoms with E-state index in [4.69, 9.17) is 4.74 Å². The number of aliphatic hydroxyl groups is 2. The Kier molecular flexibility index (Phi) is 5.71. The fourth-order valence-corrected chi connectivity index (χ4v) is 2.78. The van der Waals surface area contributed by atoms with Gasteiger partial charge in [0.15, 0.2) is 0 Å². The van der Waals surface area contributed by atoms with Crippen molar-refractivity contribution in [3.63, 3.8) is 0 Å². The Bertz CT molecular complexity index is 636. The van der Waals surface area contributed by atoms with Crippen LogP contribution in [0.1, 0.15) is 6.42 Å². The van der Waals surface area contributed by atoms with Crippen LogP contribution in [0.2, 0.25) is 0 Å². The Morgan fingerprint density at radius 2 is 1.78 bits per heavy atom. The number of hydrogen-bond donors (Lipinski definition) is 4. The van der Waals surface area contributed by atoms with Crippen LogP contribution < -0.4 is 10.0 Å². The maximum absolute atomic E-state index is 11.9. The molecule has 1 heterocycles. The van der Waals surface area contributed by atoms with E-state index in [0.717, 1.165) is 6.26 Å². The van der Waals surface area contributed by atoms with E-state index in [1.807, 2.05) is 6.07 Å². The van der Waals surface area contributed by atoms with Gasteiger partial charge in [0.1, 0.15) is 18.3 Å². The summed E-state index contributed by atoms with van der Waals surface area (Å²) in [5.41, 5.74) is 0.612. The summed E-state index contributed by atoms with van der Waals surface area (Å²) in [7, 11) is -3.44. The highest BCUT2D eigenvalue weighted by molar-refractivity contribution is 7.88. The minimum absolute atomic E-state index is 0.150. The number of nitrogens with one attached hydrogen (secondary N) is 2. The predicted octanol–water partition coefficient (Wildman–Crippen LogP) is -0.946. The largest absolute Gasteiger partial charge is 0.388 e. The number of hydrogen-bond acceptors (Lipinski definition) is 6. The average molecular weight is 344 g/mol. The zero-order chi connectivity index (χ0) is 17.0. The van der Waals surface area contributed by atoms with Crippen LogP contribution in [0.5, 0.6) is 0 Å². The number of para-hydroxylation sites is 1. The minimum atomic E-state index is -3.44. The molecule has 4 unspecified atom stereocenters. The van der Waals surface area contributed by atoms with Crippen molar-refractivity contribution < 1.29 is 28.2 Å². The first-order valence-electron chi connectivity index (χ1n) is 7.07. The molecule has 0 aromatic heterocycles. The molecule has 9 heteroatoms. The van der Waals surface area contributed by atoms with E-state index in [1.54, 1.807) is 24.3 Å². The molecule has 1 aliphatic heterocycles. The van der Waals surface area contributed by atoms with Gasteiger partial charge in [-0.2, -0.15) is 0 Å². The summed E-state index contributed by atoms with van der Waals surface area (Å²) in [4.78, 5) is 11.9. The number of aliphatic hydroxyl groups excluding tert-OH is 2. The average Bonchev–Trinajstić information content (AvgIpc) is 2.73. The third-order valence-electron chi connectivity index (χ3n) is 3.45. The zero-order valence-electron chi connectivity index (χ0n) is 12.5. The van der Waals surface area contributed by atoms with Crippen LogP contribution in [0.3, 0.4) is 0 Å². The van der Waals surface area contributed by atoms with Crippen molar-refractivity contribution >= 4 is 21.6 Å². The smallest absolute Gasteiger partial charge is 0.227 e. The molecular formula is C14H20N2O6S. The van der Waals surface area contributed by atoms with Gasteiger partial charge in [0.05, 0.1) is 18.8 Å². The summed E-state index contributed by atoms with van der Waals surface area (Å²) in [6, 6.07) is 8.80. The number of rotatable bonds is 6. The number of sulfonamides is 1. The van der Waals surface area contributed by atoms with Gasteiger partial charge in [-0.3, -0.25) is 4.79 Å². The Hall–Kier alpha value is -1.52. The maximum Gasteiger partial charge on any atom is 0.227 e. The second kappa shape index (κ2) is 7.37. The number of benzene rings is 1. The molecule has 0 aliphatic carbocycles. The van der Waals surface area contributed by atoms with Gasteiger partial charge in [0.25, 0.3) is 0 Å². The van der Waals surface area contributed by atoms with Crippen molar-refractivity contribution in [1.82, 2.24) is 4.72 Å². The Labute approximate surface area is 134 Å². The van der Waals surface area contributed by atoms with Crippen molar-refractivity contribution in [1.29, 1.82) is 0 Å². The first-order valence-corrected chi connectivity index (χ1v) is 8.96. The fraction of sp³-hybridized carbons (Fsp3) is 0.500. The molecule has 128 valence electrons. The predicted molar refractivity (Wildman–Crippen MR) is 83.2 cm³/mol. The molecule has 1 fully saturated rings. The molecule has 23 heavy (non-hydrogen) atoms. The summed E-state index contributed by atoms with van der Waals surface area (Å²) in [5, 5.41) is 22.5. The lowest BCUT2D eigenvalue weighted by molar-refractivity contribution is -0.120. The molecule has 2 rings (SSSR count). The van der Waals surface area contributed by atoms with E-state index in [9.17, 15) is 23.4 Å². The highest BCUT2D eigenvalue weighted by atomic mass is 32.2. The summed E-state index contributed by atoms with van der Waals surface area (Å²) < 4.78 is 29.7. The zero-order valence-corrected chi connectivity index (χ0v) is 13.4. The van der Waals surface area contributed by atoms with Crippen molar-refractivity contribution in [3.05, 3.63) is 30.3 Å². The van der Waals surface area contributed by atoms with Gasteiger partial charge in [-0.1, -0.05) is 18.2 Å². The second-order valence-electron chi connectivity index (χ2n) is 5.43. The highest BCUT2D eigenvalue weighted by Crippen LogP contribution is 2.24. The van der Waals surface area contributed by atoms with Crippen LogP contribution in [-0.2, 0) is 19.6 Å². The maximum atomic E-state index is 11.9. The van der Waals surface area contributed by atoms with E-state index >= 15 is 0 Å². The van der Waals surface area contributed by atoms with Crippen LogP contribution in [0.15, 0.2) is 30.3 Å². The van der Waals surface area contributed by atoms with E-state index in [0.29, 0.717) is 5.69 Å². The fourth-order valence-electron chi connectivity index (χ4n) is 2.31. The van der Waals surface area contributed by atoms with Gasteiger partial charge >= 0.3 is 0 Å². The normalized spacial score (nSPS) is 27.8. The second-order valence-corrected chi connectivity index (χ2v) is 7.27. The molecule has 0 bridgehead atoms. The molecule has 4 atom stereocenters. The lowest BCUT2D eigenvalue weighted by Crippen LogP contribution is -2.39. The van der Waals surface area contributed by atoms with Crippen molar-refractivity contribution in [2.24, 2.45) is 0 Å². The van der Waals surface area contributed by atoms with E-state index in [1.165, 1.54) is 0 Å². The van der Waals surface area contributed by atoms with Gasteiger partial charge in [0, 0.05) is 12.2 Å². The van der Waals surface area contributed by atoms with Crippen LogP contribution in [0, 0.1) is 0 Å². The highest BCUT2D eigenvalue weighted by Gasteiger charge is 2.43. The molecule has 1 aromatic carbocycles. The molecule has 1 aliphatic rings. The first-order chi connectivity index (χ1) is 10.8. The van der Waals surface area contributed by atoms with Gasteiger partial charge in [0.2, 0.25) is 15.9 Å². The topological polar surface area (TPSA) is 125 Å². The third-order valence-corrected chi connectivity index (χ3v) is 4.14. The summed E-state index contributed by atoms with van der Waals surface area (Å²) in [6.45, 7) is -0.173. The van der Waals surface area contributed by atoms with Crippen molar-refractivity contribution in [3.8, 4) is 0 Å². The molecule has 1 aromatic rings. The molecule has 4 N–H and O–H groups in total. The molecule has 0 saturated carbocycles. The number of carbonyl (C=O) groups excluding carboxylic acids is 1. The van der Waals surface area contributed by atoms with Crippen LogP contribution in [-0.4, -0.2) is 61.8 Å². The molecule has 1 amide bonds. The van der Waals surface area contributed by atoms with Crippen LogP contribution >= 0.6 is 0 Å². The molecule has 1 saturated heterocycles. The summed E-state index contributed by atoms with van der Waals surface area (Å²) in [5.74, 6) is -0.371. The first kappa shape index (κ1) is 17.8. The Balaban J connectivity index is 1.89. The van der Waals surface area contributed by atoms with Crippen molar-refractivity contribution in [2.45, 2.75) is 30.8 Å². The van der Waals surface area contributed by atoms with Gasteiger partial charge in [-0.05, 0) is 12.1 Å². The van der Waals surface area contributed by atoms with Gasteiger partial charge < -0.3 is 20.3 Å².